The maximum absolute atomic E-state index is 6.10. The van der Waals surface area contributed by atoms with Gasteiger partial charge in [0.25, 0.3) is 0 Å². The molecule has 2 nitrogen and oxygen atoms in total. The summed E-state index contributed by atoms with van der Waals surface area (Å²) in [4.78, 5) is 0. The highest BCUT2D eigenvalue weighted by Crippen LogP contribution is 2.32. The van der Waals surface area contributed by atoms with Gasteiger partial charge in [-0.1, -0.05) is 49.6 Å². The molecule has 0 bridgehead atoms. The molecule has 1 atom stereocenters. The van der Waals surface area contributed by atoms with Crippen molar-refractivity contribution in [1.29, 1.82) is 0 Å². The van der Waals surface area contributed by atoms with Gasteiger partial charge in [-0.15, -0.1) is 0 Å². The Balaban J connectivity index is 1.85. The van der Waals surface area contributed by atoms with E-state index in [0.717, 1.165) is 25.6 Å². The lowest BCUT2D eigenvalue weighted by Gasteiger charge is -2.19. The molecular formula is C17H27NO. The fourth-order valence-electron chi connectivity index (χ4n) is 2.25. The van der Waals surface area contributed by atoms with Gasteiger partial charge in [0.1, 0.15) is 0 Å². The van der Waals surface area contributed by atoms with E-state index in [1.165, 1.54) is 36.8 Å². The minimum absolute atomic E-state index is 0.200. The molecule has 1 aliphatic carbocycles. The molecule has 1 fully saturated rings. The first-order valence-corrected chi connectivity index (χ1v) is 7.68. The second kappa shape index (κ2) is 7.66. The fourth-order valence-corrected chi connectivity index (χ4v) is 2.25. The van der Waals surface area contributed by atoms with Crippen LogP contribution >= 0.6 is 0 Å². The normalized spacial score (nSPS) is 16.5. The molecule has 1 aliphatic rings. The molecule has 1 aromatic rings. The molecule has 0 saturated heterocycles. The lowest BCUT2D eigenvalue weighted by atomic mass is 10.1. The molecule has 19 heavy (non-hydrogen) atoms. The summed E-state index contributed by atoms with van der Waals surface area (Å²) in [6.07, 6.45) is 5.42. The standard InChI is InChI=1S/C17H27NO/c1-3-11-18-13-17(19-12-10-15-6-7-15)16-8-4-14(2)5-9-16/h4-5,8-9,15,17-18H,3,6-7,10-13H2,1-2H3. The van der Waals surface area contributed by atoms with Crippen LogP contribution in [0, 0.1) is 12.8 Å². The minimum atomic E-state index is 0.200. The number of hydrogen-bond donors (Lipinski definition) is 1. The second-order valence-corrected chi connectivity index (χ2v) is 5.71. The third-order valence-corrected chi connectivity index (χ3v) is 3.75. The average molecular weight is 261 g/mol. The van der Waals surface area contributed by atoms with Crippen molar-refractivity contribution >= 4 is 0 Å². The molecule has 0 spiro atoms. The van der Waals surface area contributed by atoms with Crippen LogP contribution < -0.4 is 5.32 Å². The number of benzene rings is 1. The first-order valence-electron chi connectivity index (χ1n) is 7.68. The maximum Gasteiger partial charge on any atom is 0.0949 e. The van der Waals surface area contributed by atoms with Crippen LogP contribution in [0.2, 0.25) is 0 Å². The van der Waals surface area contributed by atoms with Crippen molar-refractivity contribution in [3.05, 3.63) is 35.4 Å². The monoisotopic (exact) mass is 261 g/mol. The molecule has 0 heterocycles. The van der Waals surface area contributed by atoms with Gasteiger partial charge in [-0.25, -0.2) is 0 Å². The number of aryl methyl sites for hydroxylation is 1. The Morgan fingerprint density at radius 1 is 1.26 bits per heavy atom. The van der Waals surface area contributed by atoms with Crippen molar-refractivity contribution in [2.45, 2.75) is 45.6 Å². The van der Waals surface area contributed by atoms with Gasteiger partial charge in [0.05, 0.1) is 6.10 Å². The highest BCUT2D eigenvalue weighted by Gasteiger charge is 2.21. The Bertz CT molecular complexity index is 356. The molecule has 1 aromatic carbocycles. The molecule has 106 valence electrons. The van der Waals surface area contributed by atoms with Gasteiger partial charge >= 0.3 is 0 Å². The van der Waals surface area contributed by atoms with Crippen LogP contribution in [0.1, 0.15) is 49.8 Å². The Morgan fingerprint density at radius 2 is 2.00 bits per heavy atom. The fraction of sp³-hybridized carbons (Fsp3) is 0.647. The van der Waals surface area contributed by atoms with Gasteiger partial charge in [-0.05, 0) is 37.8 Å². The van der Waals surface area contributed by atoms with Crippen LogP contribution in [0.4, 0.5) is 0 Å². The van der Waals surface area contributed by atoms with Crippen LogP contribution in [-0.2, 0) is 4.74 Å². The molecule has 1 saturated carbocycles. The smallest absolute Gasteiger partial charge is 0.0949 e. The summed E-state index contributed by atoms with van der Waals surface area (Å²) in [6.45, 7) is 7.21. The van der Waals surface area contributed by atoms with Gasteiger partial charge in [-0.3, -0.25) is 0 Å². The molecule has 1 N–H and O–H groups in total. The Labute approximate surface area is 117 Å². The van der Waals surface area contributed by atoms with E-state index >= 15 is 0 Å². The number of hydrogen-bond acceptors (Lipinski definition) is 2. The minimum Gasteiger partial charge on any atom is -0.372 e. The van der Waals surface area contributed by atoms with E-state index in [-0.39, 0.29) is 6.10 Å². The van der Waals surface area contributed by atoms with E-state index in [1.54, 1.807) is 0 Å². The molecule has 0 aromatic heterocycles. The Morgan fingerprint density at radius 3 is 2.63 bits per heavy atom. The predicted octanol–water partition coefficient (Wildman–Crippen LogP) is 3.85. The Kier molecular flexibility index (Phi) is 5.87. The van der Waals surface area contributed by atoms with E-state index in [2.05, 4.69) is 43.4 Å². The zero-order valence-electron chi connectivity index (χ0n) is 12.3. The first kappa shape index (κ1) is 14.5. The summed E-state index contributed by atoms with van der Waals surface area (Å²) < 4.78 is 6.10. The van der Waals surface area contributed by atoms with Crippen molar-refractivity contribution < 1.29 is 4.74 Å². The highest BCUT2D eigenvalue weighted by molar-refractivity contribution is 5.23. The first-order chi connectivity index (χ1) is 9.29. The van der Waals surface area contributed by atoms with Crippen LogP contribution in [0.25, 0.3) is 0 Å². The van der Waals surface area contributed by atoms with Crippen molar-refractivity contribution in [2.75, 3.05) is 19.7 Å². The van der Waals surface area contributed by atoms with Gasteiger partial charge in [0.2, 0.25) is 0 Å². The second-order valence-electron chi connectivity index (χ2n) is 5.71. The van der Waals surface area contributed by atoms with Crippen molar-refractivity contribution in [3.63, 3.8) is 0 Å². The zero-order chi connectivity index (χ0) is 13.5. The highest BCUT2D eigenvalue weighted by atomic mass is 16.5. The molecule has 0 aliphatic heterocycles. The van der Waals surface area contributed by atoms with Crippen LogP contribution in [0.15, 0.2) is 24.3 Å². The lowest BCUT2D eigenvalue weighted by Crippen LogP contribution is -2.24. The average Bonchev–Trinajstić information content (AvgIpc) is 3.22. The quantitative estimate of drug-likeness (QED) is 0.682. The van der Waals surface area contributed by atoms with E-state index < -0.39 is 0 Å². The molecular weight excluding hydrogens is 234 g/mol. The molecule has 0 amide bonds. The third kappa shape index (κ3) is 5.33. The van der Waals surface area contributed by atoms with E-state index in [1.807, 2.05) is 0 Å². The zero-order valence-corrected chi connectivity index (χ0v) is 12.3. The molecule has 2 heteroatoms. The molecule has 2 rings (SSSR count). The Hall–Kier alpha value is -0.860. The molecule has 1 unspecified atom stereocenters. The van der Waals surface area contributed by atoms with Crippen LogP contribution in [0.3, 0.4) is 0 Å². The summed E-state index contributed by atoms with van der Waals surface area (Å²) in [7, 11) is 0. The summed E-state index contributed by atoms with van der Waals surface area (Å²) in [5.41, 5.74) is 2.60. The SMILES string of the molecule is CCCNCC(OCCC1CC1)c1ccc(C)cc1. The van der Waals surface area contributed by atoms with E-state index in [0.29, 0.717) is 0 Å². The number of rotatable bonds is 9. The van der Waals surface area contributed by atoms with E-state index in [4.69, 9.17) is 4.74 Å². The largest absolute Gasteiger partial charge is 0.372 e. The lowest BCUT2D eigenvalue weighted by molar-refractivity contribution is 0.0487. The summed E-state index contributed by atoms with van der Waals surface area (Å²) in [5, 5.41) is 3.48. The summed E-state index contributed by atoms with van der Waals surface area (Å²) >= 11 is 0. The van der Waals surface area contributed by atoms with Crippen molar-refractivity contribution in [1.82, 2.24) is 5.32 Å². The van der Waals surface area contributed by atoms with Crippen LogP contribution in [0.5, 0.6) is 0 Å². The third-order valence-electron chi connectivity index (χ3n) is 3.75. The van der Waals surface area contributed by atoms with Gasteiger partial charge in [0, 0.05) is 13.2 Å². The topological polar surface area (TPSA) is 21.3 Å². The van der Waals surface area contributed by atoms with Crippen molar-refractivity contribution in [3.8, 4) is 0 Å². The van der Waals surface area contributed by atoms with E-state index in [9.17, 15) is 0 Å². The number of nitrogens with one attached hydrogen (secondary N) is 1. The predicted molar refractivity (Wildman–Crippen MR) is 80.4 cm³/mol. The van der Waals surface area contributed by atoms with Gasteiger partial charge < -0.3 is 10.1 Å². The maximum atomic E-state index is 6.10. The molecule has 0 radical (unpaired) electrons. The van der Waals surface area contributed by atoms with Crippen molar-refractivity contribution in [2.24, 2.45) is 5.92 Å². The number of ether oxygens (including phenoxy) is 1. The van der Waals surface area contributed by atoms with Gasteiger partial charge in [0.15, 0.2) is 0 Å². The summed E-state index contributed by atoms with van der Waals surface area (Å²) in [6, 6.07) is 8.74. The van der Waals surface area contributed by atoms with Gasteiger partial charge in [-0.2, -0.15) is 0 Å². The summed E-state index contributed by atoms with van der Waals surface area (Å²) in [5.74, 6) is 0.947. The van der Waals surface area contributed by atoms with Crippen LogP contribution in [-0.4, -0.2) is 19.7 Å².